The van der Waals surface area contributed by atoms with Crippen molar-refractivity contribution in [3.63, 3.8) is 0 Å². The Morgan fingerprint density at radius 1 is 1.38 bits per heavy atom. The minimum atomic E-state index is -1.01. The standard InChI is InChI=1S/C13H16N4O3S/c1-13(2,3)8-5-7(10(18)19)6-9(14-8)21-12-16-15-11(20)17(12)4/h5-6H,1-4H3,(H,15,20)(H,18,19). The van der Waals surface area contributed by atoms with Crippen LogP contribution in [0.2, 0.25) is 0 Å². The van der Waals surface area contributed by atoms with Crippen molar-refractivity contribution in [1.82, 2.24) is 19.7 Å². The lowest BCUT2D eigenvalue weighted by atomic mass is 9.91. The molecular weight excluding hydrogens is 292 g/mol. The summed E-state index contributed by atoms with van der Waals surface area (Å²) in [6.45, 7) is 5.87. The van der Waals surface area contributed by atoms with Crippen LogP contribution in [0.15, 0.2) is 27.1 Å². The molecule has 0 aliphatic heterocycles. The molecule has 0 aromatic carbocycles. The molecule has 0 spiro atoms. The van der Waals surface area contributed by atoms with Gasteiger partial charge in [0.25, 0.3) is 0 Å². The topological polar surface area (TPSA) is 101 Å². The van der Waals surface area contributed by atoms with Gasteiger partial charge < -0.3 is 5.11 Å². The molecule has 112 valence electrons. The van der Waals surface area contributed by atoms with E-state index in [1.807, 2.05) is 20.8 Å². The van der Waals surface area contributed by atoms with Crippen molar-refractivity contribution in [2.45, 2.75) is 36.4 Å². The summed E-state index contributed by atoms with van der Waals surface area (Å²) < 4.78 is 1.34. The molecule has 0 aliphatic rings. The van der Waals surface area contributed by atoms with Crippen LogP contribution in [0.1, 0.15) is 36.8 Å². The third-order valence-electron chi connectivity index (χ3n) is 2.85. The summed E-state index contributed by atoms with van der Waals surface area (Å²) in [5.41, 5.74) is 0.226. The molecule has 0 radical (unpaired) electrons. The smallest absolute Gasteiger partial charge is 0.343 e. The van der Waals surface area contributed by atoms with Crippen LogP contribution in [0.4, 0.5) is 0 Å². The van der Waals surface area contributed by atoms with E-state index in [0.29, 0.717) is 15.9 Å². The number of nitrogens with zero attached hydrogens (tertiary/aromatic N) is 3. The highest BCUT2D eigenvalue weighted by Gasteiger charge is 2.20. The first kappa shape index (κ1) is 15.3. The zero-order chi connectivity index (χ0) is 15.8. The van der Waals surface area contributed by atoms with Crippen LogP contribution in [0, 0.1) is 0 Å². The van der Waals surface area contributed by atoms with E-state index in [1.165, 1.54) is 10.6 Å². The number of carboxylic acid groups (broad SMARTS) is 1. The number of carbonyl (C=O) groups is 1. The third kappa shape index (κ3) is 3.33. The number of hydrogen-bond acceptors (Lipinski definition) is 5. The average molecular weight is 308 g/mol. The Labute approximate surface area is 125 Å². The molecule has 2 N–H and O–H groups in total. The molecule has 2 aromatic heterocycles. The van der Waals surface area contributed by atoms with Crippen LogP contribution < -0.4 is 5.69 Å². The van der Waals surface area contributed by atoms with Gasteiger partial charge in [0.1, 0.15) is 5.03 Å². The van der Waals surface area contributed by atoms with Crippen LogP contribution in [-0.2, 0) is 12.5 Å². The molecule has 0 saturated heterocycles. The maximum atomic E-state index is 11.3. The Balaban J connectivity index is 2.48. The van der Waals surface area contributed by atoms with Crippen molar-refractivity contribution < 1.29 is 9.90 Å². The molecule has 0 aliphatic carbocycles. The lowest BCUT2D eigenvalue weighted by Crippen LogP contribution is -2.16. The van der Waals surface area contributed by atoms with Gasteiger partial charge in [-0.3, -0.25) is 4.57 Å². The van der Waals surface area contributed by atoms with Crippen LogP contribution in [-0.4, -0.2) is 30.8 Å². The lowest BCUT2D eigenvalue weighted by Gasteiger charge is -2.19. The van der Waals surface area contributed by atoms with Gasteiger partial charge in [0.05, 0.1) is 5.56 Å². The Bertz CT molecular complexity index is 743. The van der Waals surface area contributed by atoms with Crippen LogP contribution in [0.3, 0.4) is 0 Å². The second kappa shape index (κ2) is 5.36. The van der Waals surface area contributed by atoms with E-state index in [9.17, 15) is 14.7 Å². The van der Waals surface area contributed by atoms with E-state index in [-0.39, 0.29) is 16.7 Å². The van der Waals surface area contributed by atoms with Crippen LogP contribution in [0.5, 0.6) is 0 Å². The number of aromatic amines is 1. The van der Waals surface area contributed by atoms with Crippen molar-refractivity contribution >= 4 is 17.7 Å². The van der Waals surface area contributed by atoms with E-state index in [4.69, 9.17) is 0 Å². The summed E-state index contributed by atoms with van der Waals surface area (Å²) in [6.07, 6.45) is 0. The molecule has 2 heterocycles. The second-order valence-electron chi connectivity index (χ2n) is 5.61. The van der Waals surface area contributed by atoms with Crippen molar-refractivity contribution in [2.75, 3.05) is 0 Å². The second-order valence-corrected chi connectivity index (χ2v) is 6.59. The van der Waals surface area contributed by atoms with Gasteiger partial charge in [0, 0.05) is 18.2 Å². The monoisotopic (exact) mass is 308 g/mol. The summed E-state index contributed by atoms with van der Waals surface area (Å²) in [5.74, 6) is -1.01. The molecule has 0 saturated carbocycles. The number of aromatic nitrogens is 4. The van der Waals surface area contributed by atoms with E-state index >= 15 is 0 Å². The highest BCUT2D eigenvalue weighted by molar-refractivity contribution is 7.99. The van der Waals surface area contributed by atoms with Gasteiger partial charge in [-0.05, 0) is 23.9 Å². The highest BCUT2D eigenvalue weighted by atomic mass is 32.2. The molecule has 7 nitrogen and oxygen atoms in total. The first-order valence-electron chi connectivity index (χ1n) is 6.23. The third-order valence-corrected chi connectivity index (χ3v) is 3.82. The Morgan fingerprint density at radius 2 is 2.05 bits per heavy atom. The van der Waals surface area contributed by atoms with Gasteiger partial charge in [-0.2, -0.15) is 0 Å². The van der Waals surface area contributed by atoms with Crippen molar-refractivity contribution in [1.29, 1.82) is 0 Å². The van der Waals surface area contributed by atoms with E-state index < -0.39 is 5.97 Å². The molecule has 2 aromatic rings. The zero-order valence-corrected chi connectivity index (χ0v) is 13.0. The molecular formula is C13H16N4O3S. The number of hydrogen-bond donors (Lipinski definition) is 2. The van der Waals surface area contributed by atoms with Gasteiger partial charge in [0.2, 0.25) is 0 Å². The highest BCUT2D eigenvalue weighted by Crippen LogP contribution is 2.28. The normalized spacial score (nSPS) is 11.6. The quantitative estimate of drug-likeness (QED) is 0.894. The Hall–Kier alpha value is -2.09. The van der Waals surface area contributed by atoms with E-state index in [1.54, 1.807) is 13.1 Å². The number of pyridine rings is 1. The van der Waals surface area contributed by atoms with Gasteiger partial charge in [-0.15, -0.1) is 5.10 Å². The summed E-state index contributed by atoms with van der Waals surface area (Å²) >= 11 is 1.14. The minimum absolute atomic E-state index is 0.165. The van der Waals surface area contributed by atoms with Crippen LogP contribution >= 0.6 is 11.8 Å². The van der Waals surface area contributed by atoms with Gasteiger partial charge in [0.15, 0.2) is 5.16 Å². The first-order valence-corrected chi connectivity index (χ1v) is 7.05. The largest absolute Gasteiger partial charge is 0.478 e. The van der Waals surface area contributed by atoms with Crippen molar-refractivity contribution in [3.05, 3.63) is 33.9 Å². The SMILES string of the molecule is Cn1c(Sc2cc(C(=O)O)cc(C(C)(C)C)n2)n[nH]c1=O. The molecule has 0 amide bonds. The summed E-state index contributed by atoms with van der Waals surface area (Å²) in [7, 11) is 1.58. The summed E-state index contributed by atoms with van der Waals surface area (Å²) in [4.78, 5) is 27.1. The predicted octanol–water partition coefficient (Wildman–Crippen LogP) is 1.65. The molecule has 0 unspecified atom stereocenters. The van der Waals surface area contributed by atoms with Gasteiger partial charge >= 0.3 is 11.7 Å². The number of nitrogens with one attached hydrogen (secondary N) is 1. The van der Waals surface area contributed by atoms with E-state index in [0.717, 1.165) is 11.8 Å². The first-order chi connectivity index (χ1) is 9.68. The Morgan fingerprint density at radius 3 is 2.52 bits per heavy atom. The molecule has 0 atom stereocenters. The van der Waals surface area contributed by atoms with Gasteiger partial charge in [-0.25, -0.2) is 19.7 Å². The fraction of sp³-hybridized carbons (Fsp3) is 0.385. The van der Waals surface area contributed by atoms with Gasteiger partial charge in [-0.1, -0.05) is 20.8 Å². The predicted molar refractivity (Wildman–Crippen MR) is 77.8 cm³/mol. The molecule has 21 heavy (non-hydrogen) atoms. The van der Waals surface area contributed by atoms with E-state index in [2.05, 4.69) is 15.2 Å². The maximum absolute atomic E-state index is 11.3. The maximum Gasteiger partial charge on any atom is 0.343 e. The zero-order valence-electron chi connectivity index (χ0n) is 12.2. The van der Waals surface area contributed by atoms with Crippen molar-refractivity contribution in [3.8, 4) is 0 Å². The number of carboxylic acids is 1. The minimum Gasteiger partial charge on any atom is -0.478 e. The lowest BCUT2D eigenvalue weighted by molar-refractivity contribution is 0.0696. The summed E-state index contributed by atoms with van der Waals surface area (Å²) in [6, 6.07) is 3.04. The fourth-order valence-corrected chi connectivity index (χ4v) is 2.41. The average Bonchev–Trinajstić information content (AvgIpc) is 2.69. The van der Waals surface area contributed by atoms with Crippen LogP contribution in [0.25, 0.3) is 0 Å². The number of H-pyrrole nitrogens is 1. The molecule has 0 fully saturated rings. The van der Waals surface area contributed by atoms with Crippen molar-refractivity contribution in [2.24, 2.45) is 7.05 Å². The fourth-order valence-electron chi connectivity index (χ4n) is 1.58. The molecule has 2 rings (SSSR count). The molecule has 8 heteroatoms. The number of rotatable bonds is 3. The Kier molecular flexibility index (Phi) is 3.91. The number of aromatic carboxylic acids is 1. The molecule has 0 bridgehead atoms. The summed E-state index contributed by atoms with van der Waals surface area (Å²) in [5, 5.41) is 16.3.